The van der Waals surface area contributed by atoms with Crippen molar-refractivity contribution in [2.75, 3.05) is 5.73 Å². The number of hydrogen-bond acceptors (Lipinski definition) is 2. The lowest BCUT2D eigenvalue weighted by molar-refractivity contribution is 0.147. The quantitative estimate of drug-likeness (QED) is 0.793. The average molecular weight is 223 g/mol. The van der Waals surface area contributed by atoms with Gasteiger partial charge in [-0.05, 0) is 22.0 Å². The maximum absolute atomic E-state index is 12.0. The first kappa shape index (κ1) is 8.39. The van der Waals surface area contributed by atoms with Crippen LogP contribution in [0.25, 0.3) is 0 Å². The molecule has 2 N–H and O–H groups in total. The summed E-state index contributed by atoms with van der Waals surface area (Å²) in [5.74, 6) is 0. The number of anilines is 1. The molecule has 5 heteroatoms. The van der Waals surface area contributed by atoms with Gasteiger partial charge in [0.1, 0.15) is 5.69 Å². The van der Waals surface area contributed by atoms with Crippen LogP contribution < -0.4 is 5.73 Å². The van der Waals surface area contributed by atoms with Crippen molar-refractivity contribution in [3.05, 3.63) is 22.4 Å². The molecule has 0 amide bonds. The van der Waals surface area contributed by atoms with Crippen molar-refractivity contribution in [2.45, 2.75) is 6.43 Å². The van der Waals surface area contributed by atoms with E-state index in [0.29, 0.717) is 4.47 Å². The standard InChI is InChI=1S/C6H5BrF2N2/c7-3-1-4(10)5(6(8)9)11-2-3/h1-2,6H,10H2. The van der Waals surface area contributed by atoms with Gasteiger partial charge in [0.25, 0.3) is 6.43 Å². The summed E-state index contributed by atoms with van der Waals surface area (Å²) >= 11 is 3.06. The van der Waals surface area contributed by atoms with Crippen LogP contribution >= 0.6 is 15.9 Å². The minimum Gasteiger partial charge on any atom is -0.397 e. The molecule has 1 heterocycles. The summed E-state index contributed by atoms with van der Waals surface area (Å²) in [4.78, 5) is 3.46. The minimum absolute atomic E-state index is 0.00868. The smallest absolute Gasteiger partial charge is 0.282 e. The molecule has 11 heavy (non-hydrogen) atoms. The predicted molar refractivity (Wildman–Crippen MR) is 41.3 cm³/mol. The van der Waals surface area contributed by atoms with Gasteiger partial charge in [0.05, 0.1) is 5.69 Å². The summed E-state index contributed by atoms with van der Waals surface area (Å²) in [5.41, 5.74) is 4.89. The number of nitrogens with two attached hydrogens (primary N) is 1. The van der Waals surface area contributed by atoms with Crippen LogP contribution in [0, 0.1) is 0 Å². The molecular formula is C6H5BrF2N2. The van der Waals surface area contributed by atoms with E-state index in [-0.39, 0.29) is 11.4 Å². The van der Waals surface area contributed by atoms with Crippen LogP contribution in [0.1, 0.15) is 12.1 Å². The third-order valence-electron chi connectivity index (χ3n) is 1.12. The molecule has 0 fully saturated rings. The molecule has 1 aromatic heterocycles. The number of hydrogen-bond donors (Lipinski definition) is 1. The first-order chi connectivity index (χ1) is 5.11. The zero-order valence-electron chi connectivity index (χ0n) is 5.39. The van der Waals surface area contributed by atoms with Crippen LogP contribution in [0.15, 0.2) is 16.7 Å². The number of aromatic nitrogens is 1. The number of halogens is 3. The summed E-state index contributed by atoms with van der Waals surface area (Å²) in [6, 6.07) is 1.40. The van der Waals surface area contributed by atoms with E-state index in [1.54, 1.807) is 0 Å². The van der Waals surface area contributed by atoms with Crippen LogP contribution in [0.4, 0.5) is 14.5 Å². The number of rotatable bonds is 1. The highest BCUT2D eigenvalue weighted by Gasteiger charge is 2.12. The second kappa shape index (κ2) is 3.13. The first-order valence-electron chi connectivity index (χ1n) is 2.80. The van der Waals surface area contributed by atoms with E-state index >= 15 is 0 Å². The van der Waals surface area contributed by atoms with Gasteiger partial charge in [-0.1, -0.05) is 0 Å². The lowest BCUT2D eigenvalue weighted by Gasteiger charge is -2.01. The molecule has 0 aliphatic heterocycles. The molecule has 2 nitrogen and oxygen atoms in total. The molecule has 0 saturated heterocycles. The van der Waals surface area contributed by atoms with Gasteiger partial charge in [0, 0.05) is 10.7 Å². The second-order valence-corrected chi connectivity index (χ2v) is 2.84. The highest BCUT2D eigenvalue weighted by molar-refractivity contribution is 9.10. The van der Waals surface area contributed by atoms with Gasteiger partial charge in [-0.3, -0.25) is 4.98 Å². The fraction of sp³-hybridized carbons (Fsp3) is 0.167. The third-order valence-corrected chi connectivity index (χ3v) is 1.56. The molecule has 0 aliphatic carbocycles. The fourth-order valence-corrected chi connectivity index (χ4v) is 0.997. The SMILES string of the molecule is Nc1cc(Br)cnc1C(F)F. The first-order valence-corrected chi connectivity index (χ1v) is 3.59. The molecule has 1 rings (SSSR count). The van der Waals surface area contributed by atoms with Crippen molar-refractivity contribution in [1.82, 2.24) is 4.98 Å². The van der Waals surface area contributed by atoms with E-state index in [1.807, 2.05) is 0 Å². The summed E-state index contributed by atoms with van der Waals surface area (Å²) in [7, 11) is 0. The third kappa shape index (κ3) is 1.86. The Morgan fingerprint density at radius 1 is 1.55 bits per heavy atom. The Hall–Kier alpha value is -0.710. The molecular weight excluding hydrogens is 218 g/mol. The summed E-state index contributed by atoms with van der Waals surface area (Å²) in [6.45, 7) is 0. The summed E-state index contributed by atoms with van der Waals surface area (Å²) in [6.07, 6.45) is -1.32. The van der Waals surface area contributed by atoms with Crippen molar-refractivity contribution in [3.8, 4) is 0 Å². The van der Waals surface area contributed by atoms with Gasteiger partial charge >= 0.3 is 0 Å². The van der Waals surface area contributed by atoms with E-state index in [0.717, 1.165) is 0 Å². The molecule has 0 saturated carbocycles. The molecule has 1 aromatic rings. The van der Waals surface area contributed by atoms with Crippen LogP contribution in [-0.2, 0) is 0 Å². The average Bonchev–Trinajstić information content (AvgIpc) is 1.85. The zero-order valence-corrected chi connectivity index (χ0v) is 6.98. The van der Waals surface area contributed by atoms with Crippen LogP contribution in [0.2, 0.25) is 0 Å². The van der Waals surface area contributed by atoms with Gasteiger partial charge in [0.15, 0.2) is 0 Å². The van der Waals surface area contributed by atoms with Gasteiger partial charge in [-0.15, -0.1) is 0 Å². The topological polar surface area (TPSA) is 38.9 Å². The molecule has 0 aromatic carbocycles. The van der Waals surface area contributed by atoms with E-state index < -0.39 is 6.43 Å². The van der Waals surface area contributed by atoms with Crippen molar-refractivity contribution >= 4 is 21.6 Å². The van der Waals surface area contributed by atoms with Crippen molar-refractivity contribution in [3.63, 3.8) is 0 Å². The Morgan fingerprint density at radius 2 is 2.18 bits per heavy atom. The summed E-state index contributed by atoms with van der Waals surface area (Å²) < 4.78 is 24.6. The lowest BCUT2D eigenvalue weighted by Crippen LogP contribution is -1.97. The van der Waals surface area contributed by atoms with Crippen molar-refractivity contribution < 1.29 is 8.78 Å². The molecule has 0 aliphatic rings. The number of alkyl halides is 2. The van der Waals surface area contributed by atoms with E-state index in [9.17, 15) is 8.78 Å². The van der Waals surface area contributed by atoms with Gasteiger partial charge in [0.2, 0.25) is 0 Å². The molecule has 0 atom stereocenters. The summed E-state index contributed by atoms with van der Waals surface area (Å²) in [5, 5.41) is 0. The van der Waals surface area contributed by atoms with Crippen molar-refractivity contribution in [2.24, 2.45) is 0 Å². The normalized spacial score (nSPS) is 10.5. The largest absolute Gasteiger partial charge is 0.397 e. The van der Waals surface area contributed by atoms with Gasteiger partial charge < -0.3 is 5.73 Å². The molecule has 0 radical (unpaired) electrons. The molecule has 60 valence electrons. The van der Waals surface area contributed by atoms with Crippen LogP contribution in [0.3, 0.4) is 0 Å². The van der Waals surface area contributed by atoms with Gasteiger partial charge in [-0.2, -0.15) is 0 Å². The minimum atomic E-state index is -2.61. The Labute approximate surface area is 70.6 Å². The lowest BCUT2D eigenvalue weighted by atomic mass is 10.3. The second-order valence-electron chi connectivity index (χ2n) is 1.93. The van der Waals surface area contributed by atoms with Crippen LogP contribution in [0.5, 0.6) is 0 Å². The highest BCUT2D eigenvalue weighted by atomic mass is 79.9. The highest BCUT2D eigenvalue weighted by Crippen LogP contribution is 2.24. The Morgan fingerprint density at radius 3 is 2.64 bits per heavy atom. The Balaban J connectivity index is 3.09. The fourth-order valence-electron chi connectivity index (χ4n) is 0.648. The number of pyridine rings is 1. The Bertz CT molecular complexity index is 265. The van der Waals surface area contributed by atoms with Crippen molar-refractivity contribution in [1.29, 1.82) is 0 Å². The molecule has 0 bridgehead atoms. The van der Waals surface area contributed by atoms with E-state index in [4.69, 9.17) is 5.73 Å². The van der Waals surface area contributed by atoms with Gasteiger partial charge in [-0.25, -0.2) is 8.78 Å². The monoisotopic (exact) mass is 222 g/mol. The predicted octanol–water partition coefficient (Wildman–Crippen LogP) is 2.36. The maximum atomic E-state index is 12.0. The molecule has 0 spiro atoms. The number of nitrogen functional groups attached to an aromatic ring is 1. The van der Waals surface area contributed by atoms with Crippen LogP contribution in [-0.4, -0.2) is 4.98 Å². The van der Waals surface area contributed by atoms with E-state index in [2.05, 4.69) is 20.9 Å². The zero-order chi connectivity index (χ0) is 8.43. The maximum Gasteiger partial charge on any atom is 0.282 e. The Kier molecular flexibility index (Phi) is 2.38. The number of nitrogens with zero attached hydrogens (tertiary/aromatic N) is 1. The van der Waals surface area contributed by atoms with E-state index in [1.165, 1.54) is 12.3 Å². The molecule has 0 unspecified atom stereocenters.